The van der Waals surface area contributed by atoms with Crippen molar-refractivity contribution in [3.8, 4) is 0 Å². The van der Waals surface area contributed by atoms with Crippen molar-refractivity contribution in [2.45, 2.75) is 225 Å². The molecule has 2 atom stereocenters. The highest BCUT2D eigenvalue weighted by Crippen LogP contribution is 2.38. The molecule has 0 N–H and O–H groups in total. The van der Waals surface area contributed by atoms with Crippen LogP contribution in [0, 0.1) is 0 Å². The fourth-order valence-electron chi connectivity index (χ4n) is 6.66. The molecule has 0 fully saturated rings. The van der Waals surface area contributed by atoms with Gasteiger partial charge in [-0.1, -0.05) is 187 Å². The number of rotatable bonds is 44. The van der Waals surface area contributed by atoms with E-state index in [1.54, 1.807) is 0 Å². The van der Waals surface area contributed by atoms with Crippen LogP contribution in [0.3, 0.4) is 0 Å². The molecule has 328 valence electrons. The van der Waals surface area contributed by atoms with Crippen LogP contribution in [0.25, 0.3) is 0 Å². The summed E-state index contributed by atoms with van der Waals surface area (Å²) < 4.78 is 34.6. The summed E-state index contributed by atoms with van der Waals surface area (Å²) in [4.78, 5) is 25.0. The van der Waals surface area contributed by atoms with Crippen molar-refractivity contribution in [2.75, 3.05) is 54.1 Å². The van der Waals surface area contributed by atoms with Crippen LogP contribution in [0.1, 0.15) is 219 Å². The fourth-order valence-corrected chi connectivity index (χ4v) is 7.39. The largest absolute Gasteiger partial charge is 0.756 e. The summed E-state index contributed by atoms with van der Waals surface area (Å²) in [5, 5.41) is 0. The van der Waals surface area contributed by atoms with E-state index in [0.717, 1.165) is 44.9 Å². The van der Waals surface area contributed by atoms with Crippen LogP contribution in [0.5, 0.6) is 0 Å². The van der Waals surface area contributed by atoms with Gasteiger partial charge in [0.05, 0.1) is 34.4 Å². The number of esters is 1. The molecule has 0 aliphatic carbocycles. The molecule has 0 amide bonds. The van der Waals surface area contributed by atoms with E-state index in [0.29, 0.717) is 24.1 Å². The Hall–Kier alpha value is -0.760. The summed E-state index contributed by atoms with van der Waals surface area (Å²) >= 11 is 0. The third-order valence-electron chi connectivity index (χ3n) is 10.3. The van der Waals surface area contributed by atoms with Gasteiger partial charge < -0.3 is 27.9 Å². The quantitative estimate of drug-likeness (QED) is 0.0199. The number of ether oxygens (including phenoxy) is 2. The molecule has 0 saturated heterocycles. The Kier molecular flexibility index (Phi) is 39.5. The van der Waals surface area contributed by atoms with E-state index >= 15 is 0 Å². The maximum atomic E-state index is 12.6. The second-order valence-corrected chi connectivity index (χ2v) is 18.5. The first-order valence-corrected chi connectivity index (χ1v) is 24.9. The lowest BCUT2D eigenvalue weighted by Crippen LogP contribution is -2.37. The van der Waals surface area contributed by atoms with Crippen molar-refractivity contribution in [1.82, 2.24) is 0 Å². The number of phosphoric acid groups is 1. The number of phosphoric ester groups is 1. The molecule has 0 aliphatic rings. The molecule has 0 aromatic rings. The minimum Gasteiger partial charge on any atom is -0.756 e. The molecular formula is C46H92NO7P. The molecule has 0 aromatic carbocycles. The summed E-state index contributed by atoms with van der Waals surface area (Å²) in [6.45, 7) is 5.42. The van der Waals surface area contributed by atoms with Gasteiger partial charge in [-0.2, -0.15) is 0 Å². The minimum atomic E-state index is -4.52. The molecule has 2 unspecified atom stereocenters. The van der Waals surface area contributed by atoms with Crippen molar-refractivity contribution < 1.29 is 37.3 Å². The van der Waals surface area contributed by atoms with E-state index in [2.05, 4.69) is 26.0 Å². The molecular weight excluding hydrogens is 709 g/mol. The van der Waals surface area contributed by atoms with Crippen LogP contribution in [0.15, 0.2) is 12.2 Å². The van der Waals surface area contributed by atoms with Crippen LogP contribution in [0.2, 0.25) is 0 Å². The molecule has 0 saturated carbocycles. The number of likely N-dealkylation sites (N-methyl/N-ethyl adjacent to an activating group) is 1. The number of carbonyl (C=O) groups excluding carboxylic acids is 1. The number of hydrogen-bond donors (Lipinski definition) is 0. The topological polar surface area (TPSA) is 94.1 Å². The molecule has 55 heavy (non-hydrogen) atoms. The van der Waals surface area contributed by atoms with Crippen LogP contribution in [-0.2, 0) is 27.9 Å². The second-order valence-electron chi connectivity index (χ2n) is 17.1. The number of hydrogen-bond acceptors (Lipinski definition) is 7. The highest BCUT2D eigenvalue weighted by molar-refractivity contribution is 7.45. The Labute approximate surface area is 341 Å². The Morgan fingerprint density at radius 2 is 0.945 bits per heavy atom. The smallest absolute Gasteiger partial charge is 0.306 e. The number of allylic oxidation sites excluding steroid dienone is 2. The molecule has 0 bridgehead atoms. The molecule has 8 nitrogen and oxygen atoms in total. The Bertz CT molecular complexity index is 894. The van der Waals surface area contributed by atoms with Crippen molar-refractivity contribution in [3.05, 3.63) is 12.2 Å². The molecule has 0 heterocycles. The second kappa shape index (κ2) is 40.0. The third-order valence-corrected chi connectivity index (χ3v) is 11.3. The van der Waals surface area contributed by atoms with Gasteiger partial charge in [-0.25, -0.2) is 0 Å². The zero-order valence-corrected chi connectivity index (χ0v) is 38.0. The fraction of sp³-hybridized carbons (Fsp3) is 0.935. The zero-order valence-electron chi connectivity index (χ0n) is 37.1. The van der Waals surface area contributed by atoms with Gasteiger partial charge in [0.1, 0.15) is 19.3 Å². The molecule has 0 spiro atoms. The summed E-state index contributed by atoms with van der Waals surface area (Å²) in [6.07, 6.45) is 43.7. The van der Waals surface area contributed by atoms with Gasteiger partial charge in [-0.3, -0.25) is 9.36 Å². The van der Waals surface area contributed by atoms with E-state index in [9.17, 15) is 14.3 Å². The van der Waals surface area contributed by atoms with E-state index < -0.39 is 13.9 Å². The predicted octanol–water partition coefficient (Wildman–Crippen LogP) is 13.2. The average molecular weight is 802 g/mol. The minimum absolute atomic E-state index is 0.0277. The summed E-state index contributed by atoms with van der Waals surface area (Å²) in [7, 11) is 1.36. The van der Waals surface area contributed by atoms with Crippen molar-refractivity contribution in [1.29, 1.82) is 0 Å². The van der Waals surface area contributed by atoms with Crippen LogP contribution in [0.4, 0.5) is 0 Å². The lowest BCUT2D eigenvalue weighted by atomic mass is 10.0. The number of nitrogens with zero attached hydrogens (tertiary/aromatic N) is 1. The number of carbonyl (C=O) groups is 1. The van der Waals surface area contributed by atoms with E-state index in [4.69, 9.17) is 18.5 Å². The lowest BCUT2D eigenvalue weighted by molar-refractivity contribution is -0.870. The van der Waals surface area contributed by atoms with Gasteiger partial charge in [-0.15, -0.1) is 0 Å². The van der Waals surface area contributed by atoms with Crippen LogP contribution < -0.4 is 4.89 Å². The monoisotopic (exact) mass is 802 g/mol. The van der Waals surface area contributed by atoms with Crippen molar-refractivity contribution in [2.24, 2.45) is 0 Å². The van der Waals surface area contributed by atoms with Gasteiger partial charge >= 0.3 is 5.97 Å². The van der Waals surface area contributed by atoms with Crippen molar-refractivity contribution in [3.63, 3.8) is 0 Å². The van der Waals surface area contributed by atoms with Gasteiger partial charge in [0.25, 0.3) is 7.82 Å². The molecule has 9 heteroatoms. The standard InChI is InChI=1S/C46H92NO7P/c1-6-8-10-12-14-16-18-20-21-22-23-24-25-26-27-28-30-32-34-36-38-41-51-43-45(44-53-55(49,50)52-42-40-47(3,4)5)54-46(48)39-37-35-33-31-29-19-17-15-13-11-9-7-2/h15,17,45H,6-14,16,18-44H2,1-5H3/b17-15-. The van der Waals surface area contributed by atoms with Gasteiger partial charge in [0.15, 0.2) is 0 Å². The SMILES string of the molecule is CCCCC/C=C\CCCCCCCC(=O)OC(COCCCCCCCCCCCCCCCCCCCCCCC)COP(=O)([O-])OCC[N+](C)(C)C. The highest BCUT2D eigenvalue weighted by Gasteiger charge is 2.20. The molecule has 0 radical (unpaired) electrons. The van der Waals surface area contributed by atoms with E-state index in [1.165, 1.54) is 154 Å². The van der Waals surface area contributed by atoms with Gasteiger partial charge in [-0.05, 0) is 38.5 Å². The summed E-state index contributed by atoms with van der Waals surface area (Å²) in [6, 6.07) is 0. The predicted molar refractivity (Wildman–Crippen MR) is 231 cm³/mol. The van der Waals surface area contributed by atoms with Crippen molar-refractivity contribution >= 4 is 13.8 Å². The van der Waals surface area contributed by atoms with E-state index in [1.807, 2.05) is 21.1 Å². The average Bonchev–Trinajstić information content (AvgIpc) is 3.13. The highest BCUT2D eigenvalue weighted by atomic mass is 31.2. The first kappa shape index (κ1) is 54.2. The van der Waals surface area contributed by atoms with Gasteiger partial charge in [0.2, 0.25) is 0 Å². The van der Waals surface area contributed by atoms with E-state index in [-0.39, 0.29) is 25.8 Å². The Morgan fingerprint density at radius 1 is 0.545 bits per heavy atom. The molecule has 0 aliphatic heterocycles. The zero-order chi connectivity index (χ0) is 40.6. The van der Waals surface area contributed by atoms with Crippen LogP contribution in [-0.4, -0.2) is 70.7 Å². The maximum absolute atomic E-state index is 12.6. The molecule has 0 aromatic heterocycles. The summed E-state index contributed by atoms with van der Waals surface area (Å²) in [5.41, 5.74) is 0. The number of quaternary nitrogens is 1. The van der Waals surface area contributed by atoms with Crippen LogP contribution >= 0.6 is 7.82 Å². The Morgan fingerprint density at radius 3 is 1.42 bits per heavy atom. The molecule has 0 rings (SSSR count). The first-order valence-electron chi connectivity index (χ1n) is 23.4. The lowest BCUT2D eigenvalue weighted by Gasteiger charge is -2.28. The third kappa shape index (κ3) is 44.2. The summed E-state index contributed by atoms with van der Waals surface area (Å²) in [5.74, 6) is -0.340. The van der Waals surface area contributed by atoms with Gasteiger partial charge in [0, 0.05) is 13.0 Å². The normalized spacial score (nSPS) is 13.8. The Balaban J connectivity index is 4.09. The maximum Gasteiger partial charge on any atom is 0.306 e. The number of unbranched alkanes of at least 4 members (excludes halogenated alkanes) is 28. The first-order chi connectivity index (χ1) is 26.6.